The minimum Gasteiger partial charge on any atom is -0.461 e. The van der Waals surface area contributed by atoms with Crippen molar-refractivity contribution in [3.05, 3.63) is 12.2 Å². The molecule has 0 aromatic carbocycles. The molecule has 0 heterocycles. The fraction of sp³-hybridized carbons (Fsp3) is 0.571. The van der Waals surface area contributed by atoms with Crippen molar-refractivity contribution in [3.63, 3.8) is 0 Å². The van der Waals surface area contributed by atoms with E-state index in [2.05, 4.69) is 0 Å². The molecule has 0 bridgehead atoms. The van der Waals surface area contributed by atoms with E-state index >= 15 is 0 Å². The van der Waals surface area contributed by atoms with Crippen LogP contribution in [0.25, 0.3) is 0 Å². The van der Waals surface area contributed by atoms with Crippen molar-refractivity contribution in [2.75, 3.05) is 6.61 Å². The first kappa shape index (κ1) is 9.17. The predicted octanol–water partition coefficient (Wildman–Crippen LogP) is 0.453. The third kappa shape index (κ3) is 5.31. The largest absolute Gasteiger partial charge is 0.461 e. The highest BCUT2D eigenvalue weighted by atomic mass is 16.5. The summed E-state index contributed by atoms with van der Waals surface area (Å²) in [6, 6.07) is -0.0887. The summed E-state index contributed by atoms with van der Waals surface area (Å²) < 4.78 is 4.69. The molecule has 1 unspecified atom stereocenters. The Bertz CT molecular complexity index is 130. The first-order valence-electron chi connectivity index (χ1n) is 3.22. The summed E-state index contributed by atoms with van der Waals surface area (Å²) in [6.07, 6.45) is 2.99. The number of carbonyl (C=O) groups excluding carboxylic acids is 1. The molecule has 0 rings (SSSR count). The number of esters is 1. The molecule has 2 N–H and O–H groups in total. The van der Waals surface area contributed by atoms with Crippen LogP contribution in [0.4, 0.5) is 0 Å². The first-order valence-corrected chi connectivity index (χ1v) is 3.22. The van der Waals surface area contributed by atoms with Crippen molar-refractivity contribution >= 4 is 5.97 Å². The lowest BCUT2D eigenvalue weighted by atomic mass is 10.4. The number of carbonyl (C=O) groups is 1. The van der Waals surface area contributed by atoms with Crippen molar-refractivity contribution < 1.29 is 9.53 Å². The van der Waals surface area contributed by atoms with Gasteiger partial charge in [0.1, 0.15) is 6.61 Å². The molecule has 0 spiro atoms. The minimum absolute atomic E-state index is 0.0887. The SMILES string of the molecule is CC=CC(=O)OCC(C)N. The summed E-state index contributed by atoms with van der Waals surface area (Å²) in [4.78, 5) is 10.6. The average Bonchev–Trinajstić information content (AvgIpc) is 1.85. The van der Waals surface area contributed by atoms with E-state index in [-0.39, 0.29) is 18.6 Å². The van der Waals surface area contributed by atoms with Gasteiger partial charge >= 0.3 is 5.97 Å². The topological polar surface area (TPSA) is 52.3 Å². The zero-order valence-electron chi connectivity index (χ0n) is 6.33. The minimum atomic E-state index is -0.334. The number of allylic oxidation sites excluding steroid dienone is 1. The van der Waals surface area contributed by atoms with Crippen LogP contribution in [-0.2, 0) is 9.53 Å². The van der Waals surface area contributed by atoms with Crippen molar-refractivity contribution in [1.29, 1.82) is 0 Å². The fourth-order valence-corrected chi connectivity index (χ4v) is 0.398. The molecule has 0 aromatic rings. The second-order valence-corrected chi connectivity index (χ2v) is 2.11. The monoisotopic (exact) mass is 143 g/mol. The third-order valence-electron chi connectivity index (χ3n) is 0.791. The molecule has 10 heavy (non-hydrogen) atoms. The zero-order chi connectivity index (χ0) is 7.98. The molecule has 0 aliphatic heterocycles. The van der Waals surface area contributed by atoms with Crippen LogP contribution in [-0.4, -0.2) is 18.6 Å². The Hall–Kier alpha value is -0.830. The highest BCUT2D eigenvalue weighted by Crippen LogP contribution is 1.83. The highest BCUT2D eigenvalue weighted by Gasteiger charge is 1.97. The van der Waals surface area contributed by atoms with E-state index in [0.717, 1.165) is 0 Å². The molecule has 0 saturated heterocycles. The molecule has 0 saturated carbocycles. The quantitative estimate of drug-likeness (QED) is 0.461. The predicted molar refractivity (Wildman–Crippen MR) is 39.4 cm³/mol. The van der Waals surface area contributed by atoms with Gasteiger partial charge < -0.3 is 10.5 Å². The molecule has 3 nitrogen and oxygen atoms in total. The van der Waals surface area contributed by atoms with Crippen LogP contribution >= 0.6 is 0 Å². The van der Waals surface area contributed by atoms with Gasteiger partial charge in [0.05, 0.1) is 0 Å². The van der Waals surface area contributed by atoms with Gasteiger partial charge in [-0.3, -0.25) is 0 Å². The van der Waals surface area contributed by atoms with Crippen LogP contribution < -0.4 is 5.73 Å². The second-order valence-electron chi connectivity index (χ2n) is 2.11. The van der Waals surface area contributed by atoms with Crippen molar-refractivity contribution in [2.24, 2.45) is 5.73 Å². The van der Waals surface area contributed by atoms with E-state index in [1.54, 1.807) is 19.9 Å². The standard InChI is InChI=1S/C7H13NO2/c1-3-4-7(9)10-5-6(2)8/h3-4,6H,5,8H2,1-2H3. The molecule has 0 aliphatic rings. The Morgan fingerprint density at radius 3 is 2.80 bits per heavy atom. The van der Waals surface area contributed by atoms with Crippen LogP contribution in [0.2, 0.25) is 0 Å². The molecule has 3 heteroatoms. The smallest absolute Gasteiger partial charge is 0.330 e. The summed E-state index contributed by atoms with van der Waals surface area (Å²) in [5.74, 6) is -0.334. The van der Waals surface area contributed by atoms with Crippen LogP contribution in [0.5, 0.6) is 0 Å². The number of hydrogen-bond donors (Lipinski definition) is 1. The van der Waals surface area contributed by atoms with E-state index in [1.165, 1.54) is 6.08 Å². The Morgan fingerprint density at radius 2 is 2.40 bits per heavy atom. The molecular weight excluding hydrogens is 130 g/mol. The molecule has 0 aromatic heterocycles. The van der Waals surface area contributed by atoms with Gasteiger partial charge in [-0.15, -0.1) is 0 Å². The Balaban J connectivity index is 3.40. The van der Waals surface area contributed by atoms with Crippen molar-refractivity contribution in [1.82, 2.24) is 0 Å². The molecule has 0 amide bonds. The maximum Gasteiger partial charge on any atom is 0.330 e. The third-order valence-corrected chi connectivity index (χ3v) is 0.791. The van der Waals surface area contributed by atoms with E-state index in [1.807, 2.05) is 0 Å². The summed E-state index contributed by atoms with van der Waals surface area (Å²) in [5, 5.41) is 0. The van der Waals surface area contributed by atoms with Gasteiger partial charge in [0, 0.05) is 12.1 Å². The van der Waals surface area contributed by atoms with Gasteiger partial charge in [0.15, 0.2) is 0 Å². The maximum atomic E-state index is 10.6. The Kier molecular flexibility index (Phi) is 4.58. The van der Waals surface area contributed by atoms with Gasteiger partial charge in [-0.05, 0) is 13.8 Å². The van der Waals surface area contributed by atoms with Crippen LogP contribution in [0.1, 0.15) is 13.8 Å². The number of hydrogen-bond acceptors (Lipinski definition) is 3. The summed E-state index contributed by atoms with van der Waals surface area (Å²) in [6.45, 7) is 3.82. The van der Waals surface area contributed by atoms with Gasteiger partial charge in [-0.2, -0.15) is 0 Å². The Labute approximate surface area is 60.9 Å². The van der Waals surface area contributed by atoms with Crippen molar-refractivity contribution in [3.8, 4) is 0 Å². The second kappa shape index (κ2) is 4.99. The number of nitrogens with two attached hydrogens (primary N) is 1. The molecule has 1 atom stereocenters. The summed E-state index contributed by atoms with van der Waals surface area (Å²) in [5.41, 5.74) is 5.34. The van der Waals surface area contributed by atoms with Crippen molar-refractivity contribution in [2.45, 2.75) is 19.9 Å². The molecule has 0 fully saturated rings. The van der Waals surface area contributed by atoms with Gasteiger partial charge in [0.2, 0.25) is 0 Å². The lowest BCUT2D eigenvalue weighted by Crippen LogP contribution is -2.23. The normalized spacial score (nSPS) is 13.5. The molecule has 58 valence electrons. The van der Waals surface area contributed by atoms with Crippen LogP contribution in [0.15, 0.2) is 12.2 Å². The average molecular weight is 143 g/mol. The molecule has 0 radical (unpaired) electrons. The first-order chi connectivity index (χ1) is 4.66. The van der Waals surface area contributed by atoms with Gasteiger partial charge in [0.25, 0.3) is 0 Å². The summed E-state index contributed by atoms with van der Waals surface area (Å²) >= 11 is 0. The summed E-state index contributed by atoms with van der Waals surface area (Å²) in [7, 11) is 0. The van der Waals surface area contributed by atoms with Gasteiger partial charge in [-0.1, -0.05) is 6.08 Å². The molecular formula is C7H13NO2. The van der Waals surface area contributed by atoms with E-state index < -0.39 is 0 Å². The maximum absolute atomic E-state index is 10.6. The van der Waals surface area contributed by atoms with Crippen LogP contribution in [0, 0.1) is 0 Å². The lowest BCUT2D eigenvalue weighted by molar-refractivity contribution is -0.138. The highest BCUT2D eigenvalue weighted by molar-refractivity contribution is 5.81. The number of ether oxygens (including phenoxy) is 1. The Morgan fingerprint density at radius 1 is 1.80 bits per heavy atom. The van der Waals surface area contributed by atoms with Gasteiger partial charge in [-0.25, -0.2) is 4.79 Å². The zero-order valence-corrected chi connectivity index (χ0v) is 6.33. The molecule has 0 aliphatic carbocycles. The number of rotatable bonds is 3. The van der Waals surface area contributed by atoms with E-state index in [9.17, 15) is 4.79 Å². The van der Waals surface area contributed by atoms with Crippen LogP contribution in [0.3, 0.4) is 0 Å². The fourth-order valence-electron chi connectivity index (χ4n) is 0.398. The lowest BCUT2D eigenvalue weighted by Gasteiger charge is -2.03. The van der Waals surface area contributed by atoms with E-state index in [0.29, 0.717) is 0 Å². The van der Waals surface area contributed by atoms with E-state index in [4.69, 9.17) is 10.5 Å².